The van der Waals surface area contributed by atoms with E-state index in [2.05, 4.69) is 25.1 Å². The Kier molecular flexibility index (Phi) is 3.16. The highest BCUT2D eigenvalue weighted by Gasteiger charge is 2.19. The number of nitrogens with zero attached hydrogens (tertiary/aromatic N) is 4. The first-order valence-electron chi connectivity index (χ1n) is 6.58. The lowest BCUT2D eigenvalue weighted by atomic mass is 10.1. The van der Waals surface area contributed by atoms with Crippen molar-refractivity contribution in [3.8, 4) is 11.4 Å². The molecule has 3 N–H and O–H groups in total. The summed E-state index contributed by atoms with van der Waals surface area (Å²) in [6.45, 7) is 3.81. The third kappa shape index (κ3) is 2.58. The molecule has 2 aromatic rings. The lowest BCUT2D eigenvalue weighted by molar-refractivity contribution is 0.496. The molecule has 3 rings (SSSR count). The van der Waals surface area contributed by atoms with Crippen molar-refractivity contribution in [2.45, 2.75) is 25.8 Å². The van der Waals surface area contributed by atoms with E-state index in [4.69, 9.17) is 5.73 Å². The Morgan fingerprint density at radius 1 is 1.32 bits per heavy atom. The highest BCUT2D eigenvalue weighted by Crippen LogP contribution is 2.19. The van der Waals surface area contributed by atoms with Crippen LogP contribution in [0.3, 0.4) is 0 Å². The van der Waals surface area contributed by atoms with Gasteiger partial charge in [-0.2, -0.15) is 4.98 Å². The third-order valence-electron chi connectivity index (χ3n) is 3.48. The molecule has 2 aromatic heterocycles. The molecule has 1 fully saturated rings. The van der Waals surface area contributed by atoms with Gasteiger partial charge >= 0.3 is 0 Å². The number of aromatic amines is 1. The summed E-state index contributed by atoms with van der Waals surface area (Å²) in [6.07, 6.45) is 3.80. The summed E-state index contributed by atoms with van der Waals surface area (Å²) in [4.78, 5) is 11.0. The summed E-state index contributed by atoms with van der Waals surface area (Å²) < 4.78 is 0. The van der Waals surface area contributed by atoms with Gasteiger partial charge in [0.2, 0.25) is 5.95 Å². The van der Waals surface area contributed by atoms with E-state index in [1.807, 2.05) is 25.3 Å². The SMILES string of the molecule is Cc1ccc(-c2nc(N3CCC(N)CC3)n[nH]2)cn1. The van der Waals surface area contributed by atoms with E-state index in [0.717, 1.165) is 49.0 Å². The van der Waals surface area contributed by atoms with Crippen LogP contribution < -0.4 is 10.6 Å². The molecule has 0 spiro atoms. The second kappa shape index (κ2) is 4.97. The number of nitrogens with two attached hydrogens (primary N) is 1. The molecule has 19 heavy (non-hydrogen) atoms. The Bertz CT molecular complexity index is 539. The quantitative estimate of drug-likeness (QED) is 0.842. The summed E-state index contributed by atoms with van der Waals surface area (Å²) in [7, 11) is 0. The Morgan fingerprint density at radius 2 is 2.11 bits per heavy atom. The van der Waals surface area contributed by atoms with Gasteiger partial charge in [-0.15, -0.1) is 5.10 Å². The topological polar surface area (TPSA) is 83.7 Å². The fraction of sp³-hybridized carbons (Fsp3) is 0.462. The molecule has 0 amide bonds. The molecular formula is C13H18N6. The molecule has 0 aliphatic carbocycles. The standard InChI is InChI=1S/C13H18N6/c1-9-2-3-10(8-15-9)12-16-13(18-17-12)19-6-4-11(14)5-7-19/h2-3,8,11H,4-7,14H2,1H3,(H,16,17,18). The zero-order valence-corrected chi connectivity index (χ0v) is 11.0. The van der Waals surface area contributed by atoms with E-state index < -0.39 is 0 Å². The van der Waals surface area contributed by atoms with E-state index in [0.29, 0.717) is 6.04 Å². The van der Waals surface area contributed by atoms with Gasteiger partial charge in [-0.05, 0) is 31.9 Å². The van der Waals surface area contributed by atoms with E-state index in [-0.39, 0.29) is 0 Å². The van der Waals surface area contributed by atoms with E-state index in [9.17, 15) is 0 Å². The van der Waals surface area contributed by atoms with Gasteiger partial charge in [0, 0.05) is 36.6 Å². The lowest BCUT2D eigenvalue weighted by Crippen LogP contribution is -2.40. The van der Waals surface area contributed by atoms with Crippen molar-refractivity contribution in [3.63, 3.8) is 0 Å². The summed E-state index contributed by atoms with van der Waals surface area (Å²) >= 11 is 0. The average Bonchev–Trinajstić information content (AvgIpc) is 2.90. The maximum Gasteiger partial charge on any atom is 0.245 e. The smallest absolute Gasteiger partial charge is 0.245 e. The molecule has 1 aliphatic heterocycles. The molecule has 100 valence electrons. The number of nitrogens with one attached hydrogen (secondary N) is 1. The molecule has 0 aromatic carbocycles. The van der Waals surface area contributed by atoms with Gasteiger partial charge in [0.05, 0.1) is 0 Å². The fourth-order valence-electron chi connectivity index (χ4n) is 2.23. The molecule has 0 saturated carbocycles. The Balaban J connectivity index is 1.77. The largest absolute Gasteiger partial charge is 0.339 e. The molecular weight excluding hydrogens is 240 g/mol. The molecule has 0 bridgehead atoms. The number of piperidine rings is 1. The fourth-order valence-corrected chi connectivity index (χ4v) is 2.23. The van der Waals surface area contributed by atoms with Crippen molar-refractivity contribution >= 4 is 5.95 Å². The monoisotopic (exact) mass is 258 g/mol. The van der Waals surface area contributed by atoms with Crippen LogP contribution in [0.15, 0.2) is 18.3 Å². The molecule has 1 saturated heterocycles. The second-order valence-electron chi connectivity index (χ2n) is 5.00. The number of hydrogen-bond donors (Lipinski definition) is 2. The van der Waals surface area contributed by atoms with Crippen LogP contribution in [-0.2, 0) is 0 Å². The maximum absolute atomic E-state index is 5.90. The number of anilines is 1. The lowest BCUT2D eigenvalue weighted by Gasteiger charge is -2.28. The average molecular weight is 258 g/mol. The van der Waals surface area contributed by atoms with Crippen LogP contribution in [0.5, 0.6) is 0 Å². The predicted octanol–water partition coefficient (Wildman–Crippen LogP) is 1.10. The van der Waals surface area contributed by atoms with E-state index >= 15 is 0 Å². The van der Waals surface area contributed by atoms with Crippen LogP contribution in [0.2, 0.25) is 0 Å². The van der Waals surface area contributed by atoms with Gasteiger partial charge in [0.15, 0.2) is 5.82 Å². The first kappa shape index (κ1) is 12.1. The summed E-state index contributed by atoms with van der Waals surface area (Å²) in [5.74, 6) is 1.51. The minimum absolute atomic E-state index is 0.316. The number of hydrogen-bond acceptors (Lipinski definition) is 5. The van der Waals surface area contributed by atoms with Crippen molar-refractivity contribution < 1.29 is 0 Å². The van der Waals surface area contributed by atoms with Gasteiger partial charge < -0.3 is 10.6 Å². The molecule has 1 aliphatic rings. The number of H-pyrrole nitrogens is 1. The first-order chi connectivity index (χ1) is 9.22. The molecule has 6 heteroatoms. The van der Waals surface area contributed by atoms with Crippen LogP contribution in [0, 0.1) is 6.92 Å². The van der Waals surface area contributed by atoms with E-state index in [1.54, 1.807) is 0 Å². The van der Waals surface area contributed by atoms with Crippen LogP contribution in [0.4, 0.5) is 5.95 Å². The molecule has 3 heterocycles. The van der Waals surface area contributed by atoms with Gasteiger partial charge in [-0.1, -0.05) is 0 Å². The minimum atomic E-state index is 0.316. The molecule has 0 atom stereocenters. The summed E-state index contributed by atoms with van der Waals surface area (Å²) in [5, 5.41) is 7.26. The molecule has 6 nitrogen and oxygen atoms in total. The minimum Gasteiger partial charge on any atom is -0.339 e. The zero-order valence-electron chi connectivity index (χ0n) is 11.0. The maximum atomic E-state index is 5.90. The van der Waals surface area contributed by atoms with Gasteiger partial charge in [-0.3, -0.25) is 10.1 Å². The van der Waals surface area contributed by atoms with Crippen LogP contribution in [0.25, 0.3) is 11.4 Å². The normalized spacial score (nSPS) is 16.8. The third-order valence-corrected chi connectivity index (χ3v) is 3.48. The Labute approximate surface area is 112 Å². The second-order valence-corrected chi connectivity index (χ2v) is 5.00. The highest BCUT2D eigenvalue weighted by atomic mass is 15.4. The van der Waals surface area contributed by atoms with Crippen molar-refractivity contribution in [1.82, 2.24) is 20.2 Å². The number of aromatic nitrogens is 4. The van der Waals surface area contributed by atoms with Crippen molar-refractivity contribution in [2.75, 3.05) is 18.0 Å². The Morgan fingerprint density at radius 3 is 2.79 bits per heavy atom. The van der Waals surface area contributed by atoms with Crippen molar-refractivity contribution in [1.29, 1.82) is 0 Å². The highest BCUT2D eigenvalue weighted by molar-refractivity contribution is 5.55. The van der Waals surface area contributed by atoms with Gasteiger partial charge in [0.25, 0.3) is 0 Å². The van der Waals surface area contributed by atoms with Gasteiger partial charge in [0.1, 0.15) is 0 Å². The van der Waals surface area contributed by atoms with Crippen LogP contribution in [-0.4, -0.2) is 39.3 Å². The number of pyridine rings is 1. The molecule has 0 unspecified atom stereocenters. The Hall–Kier alpha value is -1.95. The van der Waals surface area contributed by atoms with Crippen molar-refractivity contribution in [2.24, 2.45) is 5.73 Å². The number of aryl methyl sites for hydroxylation is 1. The predicted molar refractivity (Wildman–Crippen MR) is 73.8 cm³/mol. The van der Waals surface area contributed by atoms with Gasteiger partial charge in [-0.25, -0.2) is 0 Å². The zero-order chi connectivity index (χ0) is 13.2. The van der Waals surface area contributed by atoms with Crippen molar-refractivity contribution in [3.05, 3.63) is 24.0 Å². The molecule has 0 radical (unpaired) electrons. The van der Waals surface area contributed by atoms with E-state index in [1.165, 1.54) is 0 Å². The summed E-state index contributed by atoms with van der Waals surface area (Å²) in [6, 6.07) is 4.28. The van der Waals surface area contributed by atoms with Crippen LogP contribution in [0.1, 0.15) is 18.5 Å². The van der Waals surface area contributed by atoms with Crippen LogP contribution >= 0.6 is 0 Å². The first-order valence-corrected chi connectivity index (χ1v) is 6.58. The number of rotatable bonds is 2. The summed E-state index contributed by atoms with van der Waals surface area (Å²) in [5.41, 5.74) is 7.85.